The van der Waals surface area contributed by atoms with E-state index < -0.39 is 9.84 Å². The highest BCUT2D eigenvalue weighted by molar-refractivity contribution is 7.90. The van der Waals surface area contributed by atoms with Gasteiger partial charge in [0.15, 0.2) is 15.6 Å². The molecule has 0 radical (unpaired) electrons. The Kier molecular flexibility index (Phi) is 5.44. The van der Waals surface area contributed by atoms with Crippen LogP contribution < -0.4 is 0 Å². The number of esters is 1. The number of hydrogen-bond donors (Lipinski definition) is 0. The minimum atomic E-state index is -3.45. The molecule has 5 nitrogen and oxygen atoms in total. The predicted molar refractivity (Wildman–Crippen MR) is 74.5 cm³/mol. The molecule has 0 unspecified atom stereocenters. The first-order chi connectivity index (χ1) is 9.25. The summed E-state index contributed by atoms with van der Waals surface area (Å²) in [5, 5.41) is 0. The van der Waals surface area contributed by atoms with E-state index in [0.29, 0.717) is 6.42 Å². The summed E-state index contributed by atoms with van der Waals surface area (Å²) in [6, 6.07) is 4.66. The topological polar surface area (TPSA) is 77.5 Å². The zero-order valence-electron chi connectivity index (χ0n) is 11.8. The van der Waals surface area contributed by atoms with Gasteiger partial charge < -0.3 is 4.74 Å². The second-order valence-electron chi connectivity index (χ2n) is 4.62. The van der Waals surface area contributed by atoms with Gasteiger partial charge in [0.25, 0.3) is 0 Å². The number of hydrogen-bond acceptors (Lipinski definition) is 5. The fourth-order valence-electron chi connectivity index (χ4n) is 1.82. The number of carbonyl (C=O) groups excluding carboxylic acids is 2. The summed E-state index contributed by atoms with van der Waals surface area (Å²) in [5.41, 5.74) is 1.01. The van der Waals surface area contributed by atoms with Crippen molar-refractivity contribution in [3.05, 3.63) is 29.3 Å². The molecule has 0 amide bonds. The van der Waals surface area contributed by atoms with Gasteiger partial charge in [-0.05, 0) is 25.5 Å². The van der Waals surface area contributed by atoms with Crippen LogP contribution in [0.1, 0.15) is 35.2 Å². The molecule has 1 rings (SSSR count). The molecule has 1 aromatic rings. The molecular formula is C14H18O5S. The lowest BCUT2D eigenvalue weighted by molar-refractivity contribution is -0.140. The number of carbonyl (C=O) groups is 2. The summed E-state index contributed by atoms with van der Waals surface area (Å²) >= 11 is 0. The molecule has 110 valence electrons. The van der Waals surface area contributed by atoms with Crippen LogP contribution >= 0.6 is 0 Å². The van der Waals surface area contributed by atoms with Crippen molar-refractivity contribution >= 4 is 21.6 Å². The summed E-state index contributed by atoms with van der Waals surface area (Å²) in [4.78, 5) is 23.1. The van der Waals surface area contributed by atoms with Crippen LogP contribution in [0, 0.1) is 6.92 Å². The quantitative estimate of drug-likeness (QED) is 0.592. The third-order valence-corrected chi connectivity index (χ3v) is 4.00. The summed E-state index contributed by atoms with van der Waals surface area (Å²) < 4.78 is 27.8. The van der Waals surface area contributed by atoms with Crippen LogP contribution in [0.2, 0.25) is 0 Å². The summed E-state index contributed by atoms with van der Waals surface area (Å²) in [7, 11) is -2.17. The first-order valence-corrected chi connectivity index (χ1v) is 8.05. The fourth-order valence-corrected chi connectivity index (χ4v) is 2.70. The Bertz CT molecular complexity index is 616. The van der Waals surface area contributed by atoms with Gasteiger partial charge in [0, 0.05) is 24.7 Å². The fraction of sp³-hybridized carbons (Fsp3) is 0.429. The molecule has 0 saturated carbocycles. The van der Waals surface area contributed by atoms with Crippen molar-refractivity contribution in [2.45, 2.75) is 31.1 Å². The van der Waals surface area contributed by atoms with Gasteiger partial charge >= 0.3 is 5.97 Å². The molecule has 0 N–H and O–H groups in total. The van der Waals surface area contributed by atoms with Crippen LogP contribution in [0.25, 0.3) is 0 Å². The number of methoxy groups -OCH3 is 1. The van der Waals surface area contributed by atoms with Crippen molar-refractivity contribution in [2.24, 2.45) is 0 Å². The number of sulfone groups is 1. The van der Waals surface area contributed by atoms with Gasteiger partial charge in [-0.15, -0.1) is 0 Å². The highest BCUT2D eigenvalue weighted by atomic mass is 32.2. The van der Waals surface area contributed by atoms with Crippen molar-refractivity contribution < 1.29 is 22.7 Å². The van der Waals surface area contributed by atoms with Crippen molar-refractivity contribution in [1.82, 2.24) is 0 Å². The van der Waals surface area contributed by atoms with Crippen molar-refractivity contribution in [1.29, 1.82) is 0 Å². The van der Waals surface area contributed by atoms with Gasteiger partial charge in [0.2, 0.25) is 0 Å². The monoisotopic (exact) mass is 298 g/mol. The molecule has 0 fully saturated rings. The van der Waals surface area contributed by atoms with E-state index in [-0.39, 0.29) is 35.1 Å². The van der Waals surface area contributed by atoms with Crippen LogP contribution in [0.4, 0.5) is 0 Å². The Morgan fingerprint density at radius 2 is 1.85 bits per heavy atom. The number of rotatable bonds is 6. The van der Waals surface area contributed by atoms with E-state index in [0.717, 1.165) is 11.8 Å². The van der Waals surface area contributed by atoms with Crippen LogP contribution in [-0.2, 0) is 19.4 Å². The van der Waals surface area contributed by atoms with Gasteiger partial charge in [-0.3, -0.25) is 9.59 Å². The number of ether oxygens (including phenoxy) is 1. The van der Waals surface area contributed by atoms with Gasteiger partial charge in [0.1, 0.15) is 0 Å². The molecule has 0 aliphatic rings. The van der Waals surface area contributed by atoms with Crippen LogP contribution in [0.5, 0.6) is 0 Å². The number of Topliss-reactive ketones (excluding diaryl/α,β-unsaturated/α-hetero) is 1. The minimum Gasteiger partial charge on any atom is -0.469 e. The van der Waals surface area contributed by atoms with E-state index in [1.54, 1.807) is 19.1 Å². The molecular weight excluding hydrogens is 280 g/mol. The molecule has 0 spiro atoms. The number of aryl methyl sites for hydroxylation is 1. The van der Waals surface area contributed by atoms with Crippen molar-refractivity contribution in [3.8, 4) is 0 Å². The smallest absolute Gasteiger partial charge is 0.305 e. The highest BCUT2D eigenvalue weighted by Crippen LogP contribution is 2.20. The molecule has 0 saturated heterocycles. The molecule has 0 aromatic heterocycles. The molecule has 0 bridgehead atoms. The number of ketones is 1. The SMILES string of the molecule is COC(=O)CCCC(=O)c1cc(C)ccc1S(C)(=O)=O. The van der Waals surface area contributed by atoms with E-state index >= 15 is 0 Å². The molecule has 0 aliphatic heterocycles. The zero-order chi connectivity index (χ0) is 15.3. The normalized spacial score (nSPS) is 11.2. The largest absolute Gasteiger partial charge is 0.469 e. The van der Waals surface area contributed by atoms with E-state index in [2.05, 4.69) is 4.74 Å². The Hall–Kier alpha value is -1.69. The molecule has 20 heavy (non-hydrogen) atoms. The third-order valence-electron chi connectivity index (χ3n) is 2.85. The van der Waals surface area contributed by atoms with Crippen LogP contribution in [0.3, 0.4) is 0 Å². The summed E-state index contributed by atoms with van der Waals surface area (Å²) in [6.45, 7) is 1.79. The third kappa shape index (κ3) is 4.45. The van der Waals surface area contributed by atoms with Gasteiger partial charge in [-0.2, -0.15) is 0 Å². The maximum Gasteiger partial charge on any atom is 0.305 e. The van der Waals surface area contributed by atoms with Crippen molar-refractivity contribution in [3.63, 3.8) is 0 Å². The first kappa shape index (κ1) is 16.4. The standard InChI is InChI=1S/C14H18O5S/c1-10-7-8-13(20(3,17)18)11(9-10)12(15)5-4-6-14(16)19-2/h7-9H,4-6H2,1-3H3. The van der Waals surface area contributed by atoms with Crippen LogP contribution in [-0.4, -0.2) is 33.5 Å². The molecule has 0 atom stereocenters. The maximum atomic E-state index is 12.1. The van der Waals surface area contributed by atoms with E-state index in [1.807, 2.05) is 0 Å². The van der Waals surface area contributed by atoms with E-state index in [1.165, 1.54) is 13.2 Å². The maximum absolute atomic E-state index is 12.1. The lowest BCUT2D eigenvalue weighted by Gasteiger charge is -2.08. The van der Waals surface area contributed by atoms with Crippen LogP contribution in [0.15, 0.2) is 23.1 Å². The molecule has 0 aliphatic carbocycles. The molecule has 0 heterocycles. The summed E-state index contributed by atoms with van der Waals surface area (Å²) in [5.74, 6) is -0.664. The van der Waals surface area contributed by atoms with Gasteiger partial charge in [-0.25, -0.2) is 8.42 Å². The zero-order valence-corrected chi connectivity index (χ0v) is 12.6. The second-order valence-corrected chi connectivity index (χ2v) is 6.61. The van der Waals surface area contributed by atoms with Gasteiger partial charge in [0.05, 0.1) is 12.0 Å². The lowest BCUT2D eigenvalue weighted by Crippen LogP contribution is -2.09. The molecule has 6 heteroatoms. The Labute approximate surface area is 118 Å². The second kappa shape index (κ2) is 6.65. The van der Waals surface area contributed by atoms with Gasteiger partial charge in [-0.1, -0.05) is 11.6 Å². The average Bonchev–Trinajstić information content (AvgIpc) is 2.36. The van der Waals surface area contributed by atoms with E-state index in [4.69, 9.17) is 0 Å². The van der Waals surface area contributed by atoms with Crippen molar-refractivity contribution in [2.75, 3.05) is 13.4 Å². The Morgan fingerprint density at radius 3 is 2.40 bits per heavy atom. The average molecular weight is 298 g/mol. The minimum absolute atomic E-state index is 0.0335. The number of benzene rings is 1. The first-order valence-electron chi connectivity index (χ1n) is 6.16. The molecule has 1 aromatic carbocycles. The Balaban J connectivity index is 2.92. The van der Waals surface area contributed by atoms with E-state index in [9.17, 15) is 18.0 Å². The predicted octanol–water partition coefficient (Wildman–Crippen LogP) is 1.92. The Morgan fingerprint density at radius 1 is 1.20 bits per heavy atom. The lowest BCUT2D eigenvalue weighted by atomic mass is 10.0. The highest BCUT2D eigenvalue weighted by Gasteiger charge is 2.18. The summed E-state index contributed by atoms with van der Waals surface area (Å²) in [6.07, 6.45) is 1.66.